The van der Waals surface area contributed by atoms with Gasteiger partial charge in [0.25, 0.3) is 0 Å². The highest BCUT2D eigenvalue weighted by Crippen LogP contribution is 2.06. The summed E-state index contributed by atoms with van der Waals surface area (Å²) in [6.45, 7) is 3.13. The highest BCUT2D eigenvalue weighted by Gasteiger charge is 2.20. The van der Waals surface area contributed by atoms with Crippen LogP contribution in [0, 0.1) is 0 Å². The summed E-state index contributed by atoms with van der Waals surface area (Å²) in [6.07, 6.45) is 0. The molecule has 0 aromatic heterocycles. The first-order valence-corrected chi connectivity index (χ1v) is 3.40. The van der Waals surface area contributed by atoms with Gasteiger partial charge >= 0.3 is 7.25 Å². The van der Waals surface area contributed by atoms with Gasteiger partial charge in [-0.25, -0.2) is 0 Å². The summed E-state index contributed by atoms with van der Waals surface area (Å²) < 4.78 is 39.0. The number of halogens is 4. The predicted molar refractivity (Wildman–Crippen MR) is 41.2 cm³/mol. The Labute approximate surface area is 68.6 Å². The van der Waals surface area contributed by atoms with Gasteiger partial charge in [-0.15, -0.1) is 0 Å². The van der Waals surface area contributed by atoms with Crippen molar-refractivity contribution in [1.82, 2.24) is 5.32 Å². The third-order valence-electron chi connectivity index (χ3n) is 0.642. The fraction of sp³-hybridized carbons (Fsp3) is 1.00. The molecule has 0 aromatic rings. The number of hydrogen-bond acceptors (Lipinski definition) is 3. The second-order valence-corrected chi connectivity index (χ2v) is 1.82. The maximum atomic E-state index is 9.75. The average molecular weight is 190 g/mol. The van der Waals surface area contributed by atoms with Crippen LogP contribution in [-0.2, 0) is 0 Å². The van der Waals surface area contributed by atoms with Crippen LogP contribution >= 0.6 is 0 Å². The monoisotopic (exact) mass is 190 g/mol. The summed E-state index contributed by atoms with van der Waals surface area (Å²) >= 11 is 0. The SMILES string of the molecule is F[B-](F)(F)F.NCCNCCN. The van der Waals surface area contributed by atoms with Crippen molar-refractivity contribution in [3.8, 4) is 0 Å². The molecule has 0 saturated carbocycles. The van der Waals surface area contributed by atoms with Crippen molar-refractivity contribution in [2.24, 2.45) is 11.5 Å². The first kappa shape index (κ1) is 14.2. The standard InChI is InChI=1S/C4H13N3.BF4/c5-1-3-7-4-2-6;2-1(3,4)5/h7H,1-6H2;/q;-1. The molecule has 12 heavy (non-hydrogen) atoms. The van der Waals surface area contributed by atoms with E-state index in [1.54, 1.807) is 0 Å². The molecule has 0 bridgehead atoms. The van der Waals surface area contributed by atoms with Crippen LogP contribution in [0.15, 0.2) is 0 Å². The van der Waals surface area contributed by atoms with Gasteiger partial charge in [-0.3, -0.25) is 0 Å². The molecule has 0 unspecified atom stereocenters. The first-order chi connectivity index (χ1) is 5.41. The Kier molecular flexibility index (Phi) is 10.4. The van der Waals surface area contributed by atoms with Gasteiger partial charge < -0.3 is 34.0 Å². The fourth-order valence-electron chi connectivity index (χ4n) is 0.329. The van der Waals surface area contributed by atoms with Crippen LogP contribution in [-0.4, -0.2) is 33.4 Å². The van der Waals surface area contributed by atoms with Crippen molar-refractivity contribution in [2.75, 3.05) is 26.2 Å². The van der Waals surface area contributed by atoms with E-state index in [1.165, 1.54) is 0 Å². The number of hydrogen-bond donors (Lipinski definition) is 3. The Morgan fingerprint density at radius 1 is 0.917 bits per heavy atom. The third kappa shape index (κ3) is 54.0. The normalized spacial score (nSPS) is 10.5. The molecule has 0 rings (SSSR count). The van der Waals surface area contributed by atoms with Crippen molar-refractivity contribution >= 4 is 7.25 Å². The summed E-state index contributed by atoms with van der Waals surface area (Å²) in [5.74, 6) is 0. The van der Waals surface area contributed by atoms with Gasteiger partial charge in [-0.05, 0) is 0 Å². The van der Waals surface area contributed by atoms with E-state index in [0.717, 1.165) is 13.1 Å². The van der Waals surface area contributed by atoms with E-state index in [1.807, 2.05) is 0 Å². The lowest BCUT2D eigenvalue weighted by molar-refractivity contribution is 0.368. The van der Waals surface area contributed by atoms with Crippen LogP contribution < -0.4 is 16.8 Å². The van der Waals surface area contributed by atoms with Gasteiger partial charge in [0.2, 0.25) is 0 Å². The Bertz CT molecular complexity index is 78.9. The molecule has 0 saturated heterocycles. The van der Waals surface area contributed by atoms with E-state index in [9.17, 15) is 17.3 Å². The van der Waals surface area contributed by atoms with E-state index in [4.69, 9.17) is 11.5 Å². The molecule has 3 nitrogen and oxygen atoms in total. The lowest BCUT2D eigenvalue weighted by Gasteiger charge is -1.95. The van der Waals surface area contributed by atoms with Gasteiger partial charge in [0.15, 0.2) is 0 Å². The quantitative estimate of drug-likeness (QED) is 0.326. The zero-order valence-corrected chi connectivity index (χ0v) is 6.57. The number of rotatable bonds is 4. The molecule has 0 spiro atoms. The molecule has 8 heteroatoms. The van der Waals surface area contributed by atoms with Crippen molar-refractivity contribution in [1.29, 1.82) is 0 Å². The van der Waals surface area contributed by atoms with Crippen molar-refractivity contribution in [3.63, 3.8) is 0 Å². The second-order valence-electron chi connectivity index (χ2n) is 1.82. The highest BCUT2D eigenvalue weighted by molar-refractivity contribution is 6.50. The van der Waals surface area contributed by atoms with Crippen LogP contribution in [0.4, 0.5) is 17.3 Å². The van der Waals surface area contributed by atoms with E-state index >= 15 is 0 Å². The van der Waals surface area contributed by atoms with Crippen molar-refractivity contribution in [2.45, 2.75) is 0 Å². The average Bonchev–Trinajstić information content (AvgIpc) is 1.85. The van der Waals surface area contributed by atoms with E-state index in [0.29, 0.717) is 13.1 Å². The molecule has 0 fully saturated rings. The van der Waals surface area contributed by atoms with Crippen molar-refractivity contribution < 1.29 is 17.3 Å². The number of nitrogens with two attached hydrogens (primary N) is 2. The van der Waals surface area contributed by atoms with Gasteiger partial charge in [0.1, 0.15) is 0 Å². The van der Waals surface area contributed by atoms with Crippen molar-refractivity contribution in [3.05, 3.63) is 0 Å². The molecule has 0 aliphatic carbocycles. The summed E-state index contributed by atoms with van der Waals surface area (Å²) in [6, 6.07) is 0. The first-order valence-electron chi connectivity index (χ1n) is 3.40. The third-order valence-corrected chi connectivity index (χ3v) is 0.642. The zero-order valence-electron chi connectivity index (χ0n) is 6.57. The maximum absolute atomic E-state index is 9.75. The van der Waals surface area contributed by atoms with Crippen LogP contribution in [0.25, 0.3) is 0 Å². The molecule has 76 valence electrons. The maximum Gasteiger partial charge on any atom is 0.673 e. The Balaban J connectivity index is 0. The minimum Gasteiger partial charge on any atom is -0.418 e. The largest absolute Gasteiger partial charge is 0.673 e. The molecular formula is C4H13BF4N3-. The minimum absolute atomic E-state index is 0.694. The molecular weight excluding hydrogens is 177 g/mol. The number of nitrogens with one attached hydrogen (secondary N) is 1. The van der Waals surface area contributed by atoms with Crippen LogP contribution in [0.1, 0.15) is 0 Å². The summed E-state index contributed by atoms with van der Waals surface area (Å²) in [5.41, 5.74) is 10.3. The van der Waals surface area contributed by atoms with Gasteiger partial charge in [0.05, 0.1) is 0 Å². The summed E-state index contributed by atoms with van der Waals surface area (Å²) in [5, 5.41) is 3.03. The highest BCUT2D eigenvalue weighted by atomic mass is 19.5. The molecule has 0 radical (unpaired) electrons. The topological polar surface area (TPSA) is 64.1 Å². The van der Waals surface area contributed by atoms with E-state index < -0.39 is 7.25 Å². The molecule has 0 atom stereocenters. The smallest absolute Gasteiger partial charge is 0.418 e. The zero-order chi connectivity index (χ0) is 10.0. The Hall–Kier alpha value is -0.335. The molecule has 0 aliphatic heterocycles. The molecule has 0 aliphatic rings. The summed E-state index contributed by atoms with van der Waals surface area (Å²) in [4.78, 5) is 0. The Morgan fingerprint density at radius 3 is 1.33 bits per heavy atom. The summed E-state index contributed by atoms with van der Waals surface area (Å²) in [7, 11) is -6.00. The minimum atomic E-state index is -6.00. The van der Waals surface area contributed by atoms with E-state index in [2.05, 4.69) is 5.32 Å². The lowest BCUT2D eigenvalue weighted by atomic mass is 10.3. The molecule has 0 aromatic carbocycles. The van der Waals surface area contributed by atoms with Crippen LogP contribution in [0.2, 0.25) is 0 Å². The van der Waals surface area contributed by atoms with Crippen LogP contribution in [0.5, 0.6) is 0 Å². The molecule has 5 N–H and O–H groups in total. The van der Waals surface area contributed by atoms with E-state index in [-0.39, 0.29) is 0 Å². The molecule has 0 amide bonds. The lowest BCUT2D eigenvalue weighted by Crippen LogP contribution is -2.27. The van der Waals surface area contributed by atoms with Gasteiger partial charge in [-0.1, -0.05) is 0 Å². The van der Waals surface area contributed by atoms with Gasteiger partial charge in [-0.2, -0.15) is 0 Å². The fourth-order valence-corrected chi connectivity index (χ4v) is 0.329. The van der Waals surface area contributed by atoms with Crippen LogP contribution in [0.3, 0.4) is 0 Å². The predicted octanol–water partition coefficient (Wildman–Crippen LogP) is -0.207. The second kappa shape index (κ2) is 8.76. The van der Waals surface area contributed by atoms with Gasteiger partial charge in [0, 0.05) is 26.2 Å². The Morgan fingerprint density at radius 2 is 1.17 bits per heavy atom. The molecule has 0 heterocycles.